The topological polar surface area (TPSA) is 36.7 Å². The second-order valence-corrected chi connectivity index (χ2v) is 4.50. The van der Waals surface area contributed by atoms with Gasteiger partial charge in [0, 0.05) is 16.6 Å². The van der Waals surface area contributed by atoms with E-state index < -0.39 is 0 Å². The summed E-state index contributed by atoms with van der Waals surface area (Å²) in [6.45, 7) is 2.02. The molecule has 2 nitrogen and oxygen atoms in total. The third kappa shape index (κ3) is 2.07. The molecule has 1 heterocycles. The highest BCUT2D eigenvalue weighted by molar-refractivity contribution is 5.87. The predicted molar refractivity (Wildman–Crippen MR) is 76.6 cm³/mol. The van der Waals surface area contributed by atoms with Gasteiger partial charge in [-0.1, -0.05) is 36.4 Å². The Morgan fingerprint density at radius 2 is 1.74 bits per heavy atom. The van der Waals surface area contributed by atoms with Crippen LogP contribution in [0, 0.1) is 18.3 Å². The van der Waals surface area contributed by atoms with E-state index in [1.165, 1.54) is 10.8 Å². The van der Waals surface area contributed by atoms with Crippen LogP contribution in [0.25, 0.3) is 22.0 Å². The number of pyridine rings is 1. The SMILES string of the molecule is Cc1nc(-c2ccc(C#N)cc2)cc2ccccc12. The molecule has 90 valence electrons. The quantitative estimate of drug-likeness (QED) is 0.646. The summed E-state index contributed by atoms with van der Waals surface area (Å²) in [5.41, 5.74) is 3.67. The predicted octanol–water partition coefficient (Wildman–Crippen LogP) is 4.08. The Morgan fingerprint density at radius 3 is 2.47 bits per heavy atom. The number of nitriles is 1. The normalized spacial score (nSPS) is 10.3. The average Bonchev–Trinajstić information content (AvgIpc) is 2.47. The van der Waals surface area contributed by atoms with Crippen LogP contribution < -0.4 is 0 Å². The highest BCUT2D eigenvalue weighted by atomic mass is 14.7. The molecule has 0 unspecified atom stereocenters. The number of rotatable bonds is 1. The third-order valence-corrected chi connectivity index (χ3v) is 3.24. The molecule has 0 aliphatic heterocycles. The van der Waals surface area contributed by atoms with Crippen molar-refractivity contribution in [3.63, 3.8) is 0 Å². The van der Waals surface area contributed by atoms with Crippen LogP contribution in [0.2, 0.25) is 0 Å². The Bertz CT molecular complexity index is 780. The molecule has 3 rings (SSSR count). The second-order valence-electron chi connectivity index (χ2n) is 4.50. The lowest BCUT2D eigenvalue weighted by Crippen LogP contribution is -1.89. The molecule has 19 heavy (non-hydrogen) atoms. The molecule has 3 aromatic rings. The van der Waals surface area contributed by atoms with Gasteiger partial charge in [-0.15, -0.1) is 0 Å². The number of aryl methyl sites for hydroxylation is 1. The summed E-state index contributed by atoms with van der Waals surface area (Å²) in [5.74, 6) is 0. The van der Waals surface area contributed by atoms with E-state index in [0.717, 1.165) is 17.0 Å². The summed E-state index contributed by atoms with van der Waals surface area (Å²) < 4.78 is 0. The zero-order chi connectivity index (χ0) is 13.2. The monoisotopic (exact) mass is 244 g/mol. The molecule has 1 aromatic heterocycles. The Balaban J connectivity index is 2.17. The molecule has 0 spiro atoms. The van der Waals surface area contributed by atoms with E-state index >= 15 is 0 Å². The first kappa shape index (κ1) is 11.4. The second kappa shape index (κ2) is 4.55. The Morgan fingerprint density at radius 1 is 1.00 bits per heavy atom. The van der Waals surface area contributed by atoms with Gasteiger partial charge in [-0.3, -0.25) is 4.98 Å². The van der Waals surface area contributed by atoms with Crippen molar-refractivity contribution in [3.8, 4) is 17.3 Å². The van der Waals surface area contributed by atoms with E-state index in [2.05, 4.69) is 29.3 Å². The molecule has 0 radical (unpaired) electrons. The smallest absolute Gasteiger partial charge is 0.0991 e. The van der Waals surface area contributed by atoms with E-state index in [1.807, 2.05) is 43.3 Å². The van der Waals surface area contributed by atoms with Gasteiger partial charge < -0.3 is 0 Å². The van der Waals surface area contributed by atoms with Crippen molar-refractivity contribution in [1.82, 2.24) is 4.98 Å². The number of aromatic nitrogens is 1. The maximum Gasteiger partial charge on any atom is 0.0991 e. The van der Waals surface area contributed by atoms with Gasteiger partial charge >= 0.3 is 0 Å². The highest BCUT2D eigenvalue weighted by Crippen LogP contribution is 2.24. The first-order valence-electron chi connectivity index (χ1n) is 6.15. The lowest BCUT2D eigenvalue weighted by molar-refractivity contribution is 1.24. The van der Waals surface area contributed by atoms with Crippen LogP contribution >= 0.6 is 0 Å². The first-order chi connectivity index (χ1) is 9.28. The lowest BCUT2D eigenvalue weighted by atomic mass is 10.0. The molecule has 2 heteroatoms. The molecule has 0 aliphatic carbocycles. The molecule has 0 saturated carbocycles. The van der Waals surface area contributed by atoms with Crippen molar-refractivity contribution in [3.05, 3.63) is 65.9 Å². The highest BCUT2D eigenvalue weighted by Gasteiger charge is 2.04. The van der Waals surface area contributed by atoms with Crippen LogP contribution in [0.4, 0.5) is 0 Å². The van der Waals surface area contributed by atoms with Crippen molar-refractivity contribution in [2.45, 2.75) is 6.92 Å². The molecule has 2 aromatic carbocycles. The molecule has 0 aliphatic rings. The number of fused-ring (bicyclic) bond motifs is 1. The zero-order valence-electron chi connectivity index (χ0n) is 10.6. The van der Waals surface area contributed by atoms with Gasteiger partial charge in [0.05, 0.1) is 17.3 Å². The van der Waals surface area contributed by atoms with Crippen molar-refractivity contribution in [2.24, 2.45) is 0 Å². The Kier molecular flexibility index (Phi) is 2.74. The molecular weight excluding hydrogens is 232 g/mol. The van der Waals surface area contributed by atoms with Crippen LogP contribution in [0.1, 0.15) is 11.3 Å². The molecular formula is C17H12N2. The molecule has 0 atom stereocenters. The van der Waals surface area contributed by atoms with Gasteiger partial charge in [-0.05, 0) is 30.5 Å². The first-order valence-corrected chi connectivity index (χ1v) is 6.15. The standard InChI is InChI=1S/C17H12N2/c1-12-16-5-3-2-4-15(16)10-17(19-12)14-8-6-13(11-18)7-9-14/h2-10H,1H3. The summed E-state index contributed by atoms with van der Waals surface area (Å²) in [5, 5.41) is 11.2. The zero-order valence-corrected chi connectivity index (χ0v) is 10.6. The van der Waals surface area contributed by atoms with Gasteiger partial charge in [0.25, 0.3) is 0 Å². The summed E-state index contributed by atoms with van der Waals surface area (Å²) in [6.07, 6.45) is 0. The number of nitrogens with zero attached hydrogens (tertiary/aromatic N) is 2. The van der Waals surface area contributed by atoms with E-state index in [4.69, 9.17) is 5.26 Å². The summed E-state index contributed by atoms with van der Waals surface area (Å²) in [4.78, 5) is 4.64. The fourth-order valence-electron chi connectivity index (χ4n) is 2.24. The largest absolute Gasteiger partial charge is 0.252 e. The number of hydrogen-bond donors (Lipinski definition) is 0. The van der Waals surface area contributed by atoms with Crippen molar-refractivity contribution >= 4 is 10.8 Å². The molecule has 0 N–H and O–H groups in total. The molecule has 0 saturated heterocycles. The van der Waals surface area contributed by atoms with Crippen LogP contribution in [0.5, 0.6) is 0 Å². The van der Waals surface area contributed by atoms with E-state index in [0.29, 0.717) is 5.56 Å². The summed E-state index contributed by atoms with van der Waals surface area (Å²) >= 11 is 0. The minimum absolute atomic E-state index is 0.668. The minimum atomic E-state index is 0.668. The maximum atomic E-state index is 8.82. The van der Waals surface area contributed by atoms with Gasteiger partial charge in [-0.25, -0.2) is 0 Å². The van der Waals surface area contributed by atoms with Crippen LogP contribution in [-0.2, 0) is 0 Å². The Labute approximate surface area is 112 Å². The van der Waals surface area contributed by atoms with Crippen molar-refractivity contribution in [2.75, 3.05) is 0 Å². The van der Waals surface area contributed by atoms with Gasteiger partial charge in [-0.2, -0.15) is 5.26 Å². The van der Waals surface area contributed by atoms with E-state index in [9.17, 15) is 0 Å². The van der Waals surface area contributed by atoms with Crippen LogP contribution in [0.15, 0.2) is 54.6 Å². The average molecular weight is 244 g/mol. The lowest BCUT2D eigenvalue weighted by Gasteiger charge is -2.06. The molecule has 0 amide bonds. The fraction of sp³-hybridized carbons (Fsp3) is 0.0588. The number of hydrogen-bond acceptors (Lipinski definition) is 2. The van der Waals surface area contributed by atoms with Crippen LogP contribution in [-0.4, -0.2) is 4.98 Å². The minimum Gasteiger partial charge on any atom is -0.252 e. The summed E-state index contributed by atoms with van der Waals surface area (Å²) in [7, 11) is 0. The van der Waals surface area contributed by atoms with Gasteiger partial charge in [0.15, 0.2) is 0 Å². The summed E-state index contributed by atoms with van der Waals surface area (Å²) in [6, 6.07) is 20.0. The Hall–Kier alpha value is -2.66. The van der Waals surface area contributed by atoms with Crippen LogP contribution in [0.3, 0.4) is 0 Å². The molecule has 0 fully saturated rings. The van der Waals surface area contributed by atoms with E-state index in [1.54, 1.807) is 0 Å². The van der Waals surface area contributed by atoms with E-state index in [-0.39, 0.29) is 0 Å². The van der Waals surface area contributed by atoms with Crippen molar-refractivity contribution < 1.29 is 0 Å². The fourth-order valence-corrected chi connectivity index (χ4v) is 2.24. The van der Waals surface area contributed by atoms with Gasteiger partial charge in [0.1, 0.15) is 0 Å². The molecule has 0 bridgehead atoms. The maximum absolute atomic E-state index is 8.82. The number of benzene rings is 2. The van der Waals surface area contributed by atoms with Crippen molar-refractivity contribution in [1.29, 1.82) is 5.26 Å². The van der Waals surface area contributed by atoms with Gasteiger partial charge in [0.2, 0.25) is 0 Å². The third-order valence-electron chi connectivity index (χ3n) is 3.24.